The van der Waals surface area contributed by atoms with Gasteiger partial charge in [-0.05, 0) is 46.0 Å². The smallest absolute Gasteiger partial charge is 0.407 e. The second-order valence-electron chi connectivity index (χ2n) is 8.39. The lowest BCUT2D eigenvalue weighted by Gasteiger charge is -2.20. The zero-order chi connectivity index (χ0) is 25.7. The number of methoxy groups -OCH3 is 1. The maximum Gasteiger partial charge on any atom is 0.407 e. The quantitative estimate of drug-likeness (QED) is 0.338. The molecule has 36 heavy (non-hydrogen) atoms. The molecule has 1 amide bonds. The van der Waals surface area contributed by atoms with Gasteiger partial charge in [-0.15, -0.1) is 0 Å². The summed E-state index contributed by atoms with van der Waals surface area (Å²) >= 11 is 0. The molecule has 0 heterocycles. The average Bonchev–Trinajstić information content (AvgIpc) is 3.22. The van der Waals surface area contributed by atoms with Gasteiger partial charge >= 0.3 is 12.1 Å². The summed E-state index contributed by atoms with van der Waals surface area (Å²) in [6.07, 6.45) is -1.08. The van der Waals surface area contributed by atoms with Gasteiger partial charge in [0.15, 0.2) is 0 Å². The van der Waals surface area contributed by atoms with E-state index in [1.807, 2.05) is 48.5 Å². The van der Waals surface area contributed by atoms with Crippen molar-refractivity contribution in [3.8, 4) is 16.9 Å². The summed E-state index contributed by atoms with van der Waals surface area (Å²) in [5.41, 5.74) is 5.19. The Balaban J connectivity index is 1.35. The number of fused-ring (bicyclic) bond motifs is 3. The molecule has 0 radical (unpaired) electrons. The van der Waals surface area contributed by atoms with Gasteiger partial charge in [-0.25, -0.2) is 9.59 Å². The van der Waals surface area contributed by atoms with Crippen LogP contribution in [0.1, 0.15) is 34.3 Å². The first kappa shape index (κ1) is 25.0. The molecule has 8 nitrogen and oxygen atoms in total. The molecule has 0 aliphatic heterocycles. The van der Waals surface area contributed by atoms with Crippen LogP contribution in [0.3, 0.4) is 0 Å². The summed E-state index contributed by atoms with van der Waals surface area (Å²) in [6, 6.07) is 20.6. The van der Waals surface area contributed by atoms with E-state index >= 15 is 0 Å². The number of aliphatic hydroxyl groups excluding tert-OH is 2. The highest BCUT2D eigenvalue weighted by atomic mass is 16.5. The van der Waals surface area contributed by atoms with E-state index in [-0.39, 0.29) is 19.1 Å². The van der Waals surface area contributed by atoms with Crippen molar-refractivity contribution in [3.05, 3.63) is 95.1 Å². The van der Waals surface area contributed by atoms with E-state index in [0.717, 1.165) is 28.3 Å². The summed E-state index contributed by atoms with van der Waals surface area (Å²) in [5, 5.41) is 32.4. The standard InChI is InChI=1S/C28H27NO7/c1-35-25-12-10-18(14-17(25)11-13-26(31)32)27(33)24(30)15-29-28(34)36-16-23-21-8-4-2-6-19(21)20-7-3-5-9-22(20)23/h2-14,23-24,27,30,33H,15-16H2,1H3,(H,29,34)(H,31,32)/b13-11+. The molecule has 0 saturated carbocycles. The fourth-order valence-electron chi connectivity index (χ4n) is 4.40. The number of benzene rings is 3. The van der Waals surface area contributed by atoms with Crippen LogP contribution in [0.5, 0.6) is 5.75 Å². The third-order valence-corrected chi connectivity index (χ3v) is 6.16. The summed E-state index contributed by atoms with van der Waals surface area (Å²) in [5.74, 6) is -0.805. The van der Waals surface area contributed by atoms with Crippen molar-refractivity contribution in [2.24, 2.45) is 0 Å². The van der Waals surface area contributed by atoms with Crippen LogP contribution in [0.25, 0.3) is 17.2 Å². The predicted octanol–water partition coefficient (Wildman–Crippen LogP) is 3.73. The summed E-state index contributed by atoms with van der Waals surface area (Å²) in [7, 11) is 1.44. The highest BCUT2D eigenvalue weighted by Gasteiger charge is 2.29. The Morgan fingerprint density at radius 1 is 1.00 bits per heavy atom. The van der Waals surface area contributed by atoms with E-state index in [0.29, 0.717) is 16.9 Å². The van der Waals surface area contributed by atoms with Crippen molar-refractivity contribution in [2.75, 3.05) is 20.3 Å². The molecule has 3 aromatic carbocycles. The number of carbonyl (C=O) groups is 2. The highest BCUT2D eigenvalue weighted by Crippen LogP contribution is 2.44. The fraction of sp³-hybridized carbons (Fsp3) is 0.214. The first-order valence-corrected chi connectivity index (χ1v) is 11.4. The Bertz CT molecular complexity index is 1240. The maximum absolute atomic E-state index is 12.4. The zero-order valence-electron chi connectivity index (χ0n) is 19.6. The molecule has 8 heteroatoms. The molecule has 0 aromatic heterocycles. The first-order chi connectivity index (χ1) is 17.4. The largest absolute Gasteiger partial charge is 0.496 e. The normalized spacial score (nSPS) is 14.1. The van der Waals surface area contributed by atoms with Crippen LogP contribution in [0.15, 0.2) is 72.8 Å². The molecule has 4 rings (SSSR count). The number of carboxylic acids is 1. The Kier molecular flexibility index (Phi) is 7.68. The molecule has 4 N–H and O–H groups in total. The van der Waals surface area contributed by atoms with Crippen LogP contribution < -0.4 is 10.1 Å². The highest BCUT2D eigenvalue weighted by molar-refractivity contribution is 5.86. The monoisotopic (exact) mass is 489 g/mol. The van der Waals surface area contributed by atoms with Gasteiger partial charge in [0.1, 0.15) is 24.6 Å². The van der Waals surface area contributed by atoms with Crippen LogP contribution in [-0.2, 0) is 9.53 Å². The number of nitrogens with one attached hydrogen (secondary N) is 1. The van der Waals surface area contributed by atoms with Crippen molar-refractivity contribution < 1.29 is 34.4 Å². The number of amides is 1. The maximum atomic E-state index is 12.4. The van der Waals surface area contributed by atoms with Crippen molar-refractivity contribution >= 4 is 18.1 Å². The second-order valence-corrected chi connectivity index (χ2v) is 8.39. The summed E-state index contributed by atoms with van der Waals surface area (Å²) in [6.45, 7) is -0.111. The lowest BCUT2D eigenvalue weighted by Crippen LogP contribution is -2.36. The van der Waals surface area contributed by atoms with E-state index in [4.69, 9.17) is 14.6 Å². The van der Waals surface area contributed by atoms with Gasteiger partial charge < -0.3 is 30.1 Å². The fourth-order valence-corrected chi connectivity index (χ4v) is 4.40. The van der Waals surface area contributed by atoms with Crippen molar-refractivity contribution in [3.63, 3.8) is 0 Å². The average molecular weight is 490 g/mol. The molecule has 2 unspecified atom stereocenters. The molecular formula is C28H27NO7. The van der Waals surface area contributed by atoms with Gasteiger partial charge in [-0.3, -0.25) is 0 Å². The van der Waals surface area contributed by atoms with Crippen molar-refractivity contribution in [1.82, 2.24) is 5.32 Å². The molecule has 1 aliphatic rings. The van der Waals surface area contributed by atoms with E-state index in [9.17, 15) is 19.8 Å². The number of rotatable bonds is 9. The molecule has 2 atom stereocenters. The molecule has 3 aromatic rings. The molecule has 0 saturated heterocycles. The second kappa shape index (κ2) is 11.1. The van der Waals surface area contributed by atoms with Gasteiger partial charge in [0.05, 0.1) is 7.11 Å². The number of alkyl carbamates (subject to hydrolysis) is 1. The Hall–Kier alpha value is -4.14. The third kappa shape index (κ3) is 5.40. The van der Waals surface area contributed by atoms with Crippen molar-refractivity contribution in [2.45, 2.75) is 18.1 Å². The van der Waals surface area contributed by atoms with E-state index in [1.54, 1.807) is 12.1 Å². The topological polar surface area (TPSA) is 125 Å². The van der Waals surface area contributed by atoms with E-state index in [1.165, 1.54) is 19.3 Å². The van der Waals surface area contributed by atoms with Crippen molar-refractivity contribution in [1.29, 1.82) is 0 Å². The van der Waals surface area contributed by atoms with Crippen LogP contribution in [-0.4, -0.2) is 53.7 Å². The SMILES string of the molecule is COc1ccc(C(O)C(O)CNC(=O)OCC2c3ccccc3-c3ccccc32)cc1/C=C/C(=O)O. The van der Waals surface area contributed by atoms with Crippen LogP contribution in [0, 0.1) is 0 Å². The lowest BCUT2D eigenvalue weighted by atomic mass is 9.98. The summed E-state index contributed by atoms with van der Waals surface area (Å²) in [4.78, 5) is 23.2. The van der Waals surface area contributed by atoms with Gasteiger partial charge in [0.25, 0.3) is 0 Å². The minimum atomic E-state index is -1.33. The summed E-state index contributed by atoms with van der Waals surface area (Å²) < 4.78 is 10.7. The molecule has 0 bridgehead atoms. The zero-order valence-corrected chi connectivity index (χ0v) is 19.6. The number of carbonyl (C=O) groups excluding carboxylic acids is 1. The van der Waals surface area contributed by atoms with Crippen LogP contribution >= 0.6 is 0 Å². The van der Waals surface area contributed by atoms with Gasteiger partial charge in [0.2, 0.25) is 0 Å². The van der Waals surface area contributed by atoms with Gasteiger partial charge in [0, 0.05) is 24.1 Å². The van der Waals surface area contributed by atoms with Crippen LogP contribution in [0.4, 0.5) is 4.79 Å². The van der Waals surface area contributed by atoms with Gasteiger partial charge in [-0.1, -0.05) is 54.6 Å². The molecule has 1 aliphatic carbocycles. The molecular weight excluding hydrogens is 462 g/mol. The van der Waals surface area contributed by atoms with E-state index < -0.39 is 24.3 Å². The number of ether oxygens (including phenoxy) is 2. The number of aliphatic carboxylic acids is 1. The Labute approximate surface area is 208 Å². The van der Waals surface area contributed by atoms with Gasteiger partial charge in [-0.2, -0.15) is 0 Å². The number of aliphatic hydroxyl groups is 2. The Morgan fingerprint density at radius 3 is 2.25 bits per heavy atom. The minimum absolute atomic E-state index is 0.0877. The lowest BCUT2D eigenvalue weighted by molar-refractivity contribution is -0.131. The predicted molar refractivity (Wildman–Crippen MR) is 134 cm³/mol. The van der Waals surface area contributed by atoms with Crippen LogP contribution in [0.2, 0.25) is 0 Å². The first-order valence-electron chi connectivity index (χ1n) is 11.4. The van der Waals surface area contributed by atoms with E-state index in [2.05, 4.69) is 5.32 Å². The molecule has 0 spiro atoms. The number of carboxylic acid groups (broad SMARTS) is 1. The Morgan fingerprint density at radius 2 is 1.64 bits per heavy atom. The number of hydrogen-bond donors (Lipinski definition) is 4. The third-order valence-electron chi connectivity index (χ3n) is 6.16. The molecule has 186 valence electrons. The minimum Gasteiger partial charge on any atom is -0.496 e. The number of hydrogen-bond acceptors (Lipinski definition) is 6. The molecule has 0 fully saturated rings.